The molecule has 118 valence electrons. The molecule has 1 aliphatic carbocycles. The van der Waals surface area contributed by atoms with Crippen LogP contribution in [0.3, 0.4) is 0 Å². The Kier molecular flexibility index (Phi) is 7.15. The molecular weight excluding hydrogens is 270 g/mol. The van der Waals surface area contributed by atoms with Crippen molar-refractivity contribution in [3.63, 3.8) is 0 Å². The summed E-state index contributed by atoms with van der Waals surface area (Å²) in [7, 11) is 0. The lowest BCUT2D eigenvalue weighted by Crippen LogP contribution is -2.29. The Morgan fingerprint density at radius 3 is 2.52 bits per heavy atom. The Morgan fingerprint density at radius 2 is 1.90 bits per heavy atom. The minimum atomic E-state index is -0.974. The Labute approximate surface area is 125 Å². The number of esters is 1. The van der Waals surface area contributed by atoms with E-state index >= 15 is 0 Å². The Balaban J connectivity index is 2.00. The number of nitrogens with two attached hydrogens (primary N) is 1. The molecule has 0 aliphatic heterocycles. The molecular formula is C16H25NO4. The highest BCUT2D eigenvalue weighted by Gasteiger charge is 2.19. The molecule has 0 aromatic heterocycles. The first-order valence-corrected chi connectivity index (χ1v) is 7.44. The van der Waals surface area contributed by atoms with Crippen LogP contribution in [0.2, 0.25) is 0 Å². The fraction of sp³-hybridized carbons (Fsp3) is 0.625. The van der Waals surface area contributed by atoms with Crippen LogP contribution in [-0.2, 0) is 14.3 Å². The van der Waals surface area contributed by atoms with E-state index in [1.54, 1.807) is 0 Å². The van der Waals surface area contributed by atoms with Crippen LogP contribution in [0.25, 0.3) is 0 Å². The highest BCUT2D eigenvalue weighted by molar-refractivity contribution is 5.72. The van der Waals surface area contributed by atoms with Gasteiger partial charge in [-0.25, -0.2) is 0 Å². The molecule has 0 aromatic carbocycles. The third-order valence-electron chi connectivity index (χ3n) is 3.68. The number of carboxylic acid groups (broad SMARTS) is 1. The monoisotopic (exact) mass is 295 g/mol. The van der Waals surface area contributed by atoms with Gasteiger partial charge < -0.3 is 15.6 Å². The molecule has 1 aliphatic rings. The first kappa shape index (κ1) is 17.4. The smallest absolute Gasteiger partial charge is 0.320 e. The molecule has 1 rings (SSSR count). The number of hydrogen-bond acceptors (Lipinski definition) is 4. The quantitative estimate of drug-likeness (QED) is 0.477. The van der Waals surface area contributed by atoms with Crippen molar-refractivity contribution in [1.82, 2.24) is 0 Å². The van der Waals surface area contributed by atoms with Crippen LogP contribution in [0.5, 0.6) is 0 Å². The fourth-order valence-corrected chi connectivity index (χ4v) is 2.16. The van der Waals surface area contributed by atoms with E-state index in [1.165, 1.54) is 0 Å². The van der Waals surface area contributed by atoms with E-state index in [0.29, 0.717) is 32.3 Å². The summed E-state index contributed by atoms with van der Waals surface area (Å²) >= 11 is 0. The van der Waals surface area contributed by atoms with Gasteiger partial charge in [0, 0.05) is 11.8 Å². The van der Waals surface area contributed by atoms with Gasteiger partial charge in [0.2, 0.25) is 0 Å². The van der Waals surface area contributed by atoms with Crippen molar-refractivity contribution < 1.29 is 19.4 Å². The van der Waals surface area contributed by atoms with Gasteiger partial charge in [-0.3, -0.25) is 9.59 Å². The number of rotatable bonds is 10. The molecule has 0 aromatic rings. The third-order valence-corrected chi connectivity index (χ3v) is 3.68. The zero-order valence-electron chi connectivity index (χ0n) is 12.6. The zero-order chi connectivity index (χ0) is 15.7. The van der Waals surface area contributed by atoms with Crippen molar-refractivity contribution >= 4 is 11.9 Å². The molecule has 0 fully saturated rings. The molecule has 0 amide bonds. The number of aliphatic carboxylic acids is 1. The molecule has 0 radical (unpaired) electrons. The number of ether oxygens (including phenoxy) is 1. The van der Waals surface area contributed by atoms with E-state index in [-0.39, 0.29) is 11.4 Å². The first-order chi connectivity index (χ1) is 9.93. The van der Waals surface area contributed by atoms with Crippen LogP contribution in [0, 0.1) is 5.41 Å². The van der Waals surface area contributed by atoms with Gasteiger partial charge in [0.1, 0.15) is 6.04 Å². The lowest BCUT2D eigenvalue weighted by molar-refractivity contribution is -0.144. The standard InChI is InChI=1S/C16H25NO4/c1-16(9-5-6-10-16)11-12-21-14(18)8-4-2-3-7-13(17)15(19)20/h5-6,9-10,13H,2-4,7-8,11-12,17H2,1H3,(H,19,20)/t13-/m0/s1. The number of carboxylic acids is 1. The Hall–Kier alpha value is -1.62. The zero-order valence-corrected chi connectivity index (χ0v) is 12.6. The first-order valence-electron chi connectivity index (χ1n) is 7.44. The normalized spacial score (nSPS) is 16.9. The van der Waals surface area contributed by atoms with Crippen LogP contribution in [-0.4, -0.2) is 29.7 Å². The molecule has 0 saturated heterocycles. The topological polar surface area (TPSA) is 89.6 Å². The second-order valence-electron chi connectivity index (χ2n) is 5.74. The summed E-state index contributed by atoms with van der Waals surface area (Å²) in [5.74, 6) is -1.16. The lowest BCUT2D eigenvalue weighted by Gasteiger charge is -2.18. The van der Waals surface area contributed by atoms with Gasteiger partial charge in [-0.1, -0.05) is 44.1 Å². The summed E-state index contributed by atoms with van der Waals surface area (Å²) < 4.78 is 5.21. The molecule has 3 N–H and O–H groups in total. The number of unbranched alkanes of at least 4 members (excludes halogenated alkanes) is 2. The maximum atomic E-state index is 11.5. The van der Waals surface area contributed by atoms with Crippen molar-refractivity contribution in [3.8, 4) is 0 Å². The van der Waals surface area contributed by atoms with E-state index < -0.39 is 12.0 Å². The molecule has 0 unspecified atom stereocenters. The molecule has 21 heavy (non-hydrogen) atoms. The number of carbonyl (C=O) groups is 2. The van der Waals surface area contributed by atoms with Crippen molar-refractivity contribution in [2.75, 3.05) is 6.61 Å². The Bertz CT molecular complexity index is 403. The highest BCUT2D eigenvalue weighted by atomic mass is 16.5. The third kappa shape index (κ3) is 7.09. The molecule has 5 heteroatoms. The van der Waals surface area contributed by atoms with Gasteiger partial charge in [0.05, 0.1) is 6.61 Å². The summed E-state index contributed by atoms with van der Waals surface area (Å²) in [6, 6.07) is -0.801. The number of hydrogen-bond donors (Lipinski definition) is 2. The highest BCUT2D eigenvalue weighted by Crippen LogP contribution is 2.29. The molecule has 0 spiro atoms. The largest absolute Gasteiger partial charge is 0.480 e. The summed E-state index contributed by atoms with van der Waals surface area (Å²) in [6.45, 7) is 2.53. The van der Waals surface area contributed by atoms with Gasteiger partial charge in [-0.15, -0.1) is 0 Å². The molecule has 5 nitrogen and oxygen atoms in total. The van der Waals surface area contributed by atoms with Gasteiger partial charge in [0.25, 0.3) is 0 Å². The van der Waals surface area contributed by atoms with Crippen molar-refractivity contribution in [1.29, 1.82) is 0 Å². The number of allylic oxidation sites excluding steroid dienone is 4. The van der Waals surface area contributed by atoms with E-state index in [2.05, 4.69) is 19.1 Å². The molecule has 0 heterocycles. The molecule has 0 saturated carbocycles. The van der Waals surface area contributed by atoms with E-state index in [1.807, 2.05) is 12.2 Å². The summed E-state index contributed by atoms with van der Waals surface area (Å²) in [6.07, 6.45) is 12.0. The van der Waals surface area contributed by atoms with Crippen molar-refractivity contribution in [3.05, 3.63) is 24.3 Å². The van der Waals surface area contributed by atoms with Crippen LogP contribution in [0.15, 0.2) is 24.3 Å². The van der Waals surface area contributed by atoms with Gasteiger partial charge in [-0.2, -0.15) is 0 Å². The SMILES string of the molecule is CC1(CCOC(=O)CCCCC[C@H](N)C(=O)O)C=CC=C1. The minimum Gasteiger partial charge on any atom is -0.480 e. The van der Waals surface area contributed by atoms with Gasteiger partial charge >= 0.3 is 11.9 Å². The van der Waals surface area contributed by atoms with Crippen LogP contribution in [0.1, 0.15) is 45.4 Å². The minimum absolute atomic E-state index is 0.00719. The summed E-state index contributed by atoms with van der Waals surface area (Å²) in [5.41, 5.74) is 5.40. The average molecular weight is 295 g/mol. The summed E-state index contributed by atoms with van der Waals surface area (Å²) in [4.78, 5) is 22.1. The van der Waals surface area contributed by atoms with Crippen molar-refractivity contribution in [2.45, 2.75) is 51.5 Å². The number of carbonyl (C=O) groups excluding carboxylic acids is 1. The predicted octanol–water partition coefficient (Wildman–Crippen LogP) is 2.41. The lowest BCUT2D eigenvalue weighted by atomic mass is 9.89. The molecule has 1 atom stereocenters. The fourth-order valence-electron chi connectivity index (χ4n) is 2.16. The van der Waals surface area contributed by atoms with Gasteiger partial charge in [0.15, 0.2) is 0 Å². The summed E-state index contributed by atoms with van der Waals surface area (Å²) in [5, 5.41) is 8.63. The average Bonchev–Trinajstić information content (AvgIpc) is 2.85. The van der Waals surface area contributed by atoms with E-state index in [9.17, 15) is 9.59 Å². The van der Waals surface area contributed by atoms with Crippen LogP contribution < -0.4 is 5.73 Å². The maximum Gasteiger partial charge on any atom is 0.320 e. The second kappa shape index (κ2) is 8.62. The van der Waals surface area contributed by atoms with E-state index in [4.69, 9.17) is 15.6 Å². The Morgan fingerprint density at radius 1 is 1.24 bits per heavy atom. The maximum absolute atomic E-state index is 11.5. The van der Waals surface area contributed by atoms with Gasteiger partial charge in [-0.05, 0) is 19.3 Å². The second-order valence-corrected chi connectivity index (χ2v) is 5.74. The van der Waals surface area contributed by atoms with Crippen LogP contribution in [0.4, 0.5) is 0 Å². The predicted molar refractivity (Wildman–Crippen MR) is 80.7 cm³/mol. The van der Waals surface area contributed by atoms with E-state index in [0.717, 1.165) is 12.8 Å². The van der Waals surface area contributed by atoms with Crippen molar-refractivity contribution in [2.24, 2.45) is 11.1 Å². The van der Waals surface area contributed by atoms with Crippen LogP contribution >= 0.6 is 0 Å². The molecule has 0 bridgehead atoms.